The summed E-state index contributed by atoms with van der Waals surface area (Å²) in [6, 6.07) is 3.57. The van der Waals surface area contributed by atoms with Gasteiger partial charge in [0.15, 0.2) is 0 Å². The van der Waals surface area contributed by atoms with E-state index in [0.29, 0.717) is 17.2 Å². The Morgan fingerprint density at radius 3 is 2.90 bits per heavy atom. The maximum Gasteiger partial charge on any atom is 0.328 e. The molecule has 1 heterocycles. The zero-order chi connectivity index (χ0) is 14.5. The van der Waals surface area contributed by atoms with E-state index in [4.69, 9.17) is 5.11 Å². The van der Waals surface area contributed by atoms with Gasteiger partial charge in [-0.15, -0.1) is 0 Å². The summed E-state index contributed by atoms with van der Waals surface area (Å²) in [5.41, 5.74) is 1.01. The van der Waals surface area contributed by atoms with Crippen LogP contribution in [0.15, 0.2) is 24.4 Å². The van der Waals surface area contributed by atoms with Crippen LogP contribution in [0, 0.1) is 5.92 Å². The number of nitrogens with zero attached hydrogens (tertiary/aromatic N) is 1. The second kappa shape index (κ2) is 6.32. The first-order valence-electron chi connectivity index (χ1n) is 6.78. The average Bonchev–Trinajstić information content (AvgIpc) is 3.15. The SMILES string of the molecule is CCCC1CC1NC(=O)c1ccc(/C=C/C(=O)O)cn1. The minimum Gasteiger partial charge on any atom is -0.478 e. The molecule has 1 aromatic heterocycles. The van der Waals surface area contributed by atoms with Gasteiger partial charge in [-0.25, -0.2) is 4.79 Å². The Kier molecular flexibility index (Phi) is 4.50. The van der Waals surface area contributed by atoms with Crippen LogP contribution in [-0.4, -0.2) is 28.0 Å². The van der Waals surface area contributed by atoms with Gasteiger partial charge in [0.1, 0.15) is 5.69 Å². The molecule has 1 aromatic rings. The molecule has 1 aliphatic carbocycles. The van der Waals surface area contributed by atoms with Crippen molar-refractivity contribution in [1.29, 1.82) is 0 Å². The predicted molar refractivity (Wildman–Crippen MR) is 75.2 cm³/mol. The molecule has 0 spiro atoms. The quantitative estimate of drug-likeness (QED) is 0.778. The largest absolute Gasteiger partial charge is 0.478 e. The number of pyridine rings is 1. The van der Waals surface area contributed by atoms with Gasteiger partial charge in [0.2, 0.25) is 0 Å². The number of aromatic nitrogens is 1. The minimum absolute atomic E-state index is 0.164. The maximum atomic E-state index is 11.9. The van der Waals surface area contributed by atoms with Gasteiger partial charge in [-0.3, -0.25) is 9.78 Å². The third-order valence-electron chi connectivity index (χ3n) is 3.34. The molecule has 2 unspecified atom stereocenters. The van der Waals surface area contributed by atoms with Crippen LogP contribution in [0.1, 0.15) is 42.2 Å². The van der Waals surface area contributed by atoms with Gasteiger partial charge < -0.3 is 10.4 Å². The van der Waals surface area contributed by atoms with Crippen molar-refractivity contribution in [3.05, 3.63) is 35.7 Å². The number of carbonyl (C=O) groups excluding carboxylic acids is 1. The van der Waals surface area contributed by atoms with E-state index in [1.54, 1.807) is 12.1 Å². The summed E-state index contributed by atoms with van der Waals surface area (Å²) < 4.78 is 0. The fourth-order valence-corrected chi connectivity index (χ4v) is 2.16. The topological polar surface area (TPSA) is 79.3 Å². The molecule has 106 valence electrons. The molecule has 1 amide bonds. The molecule has 1 saturated carbocycles. The zero-order valence-electron chi connectivity index (χ0n) is 11.4. The van der Waals surface area contributed by atoms with Crippen LogP contribution >= 0.6 is 0 Å². The van der Waals surface area contributed by atoms with Crippen molar-refractivity contribution in [1.82, 2.24) is 10.3 Å². The van der Waals surface area contributed by atoms with E-state index in [9.17, 15) is 9.59 Å². The van der Waals surface area contributed by atoms with Crippen molar-refractivity contribution in [3.63, 3.8) is 0 Å². The third-order valence-corrected chi connectivity index (χ3v) is 3.34. The second-order valence-electron chi connectivity index (χ2n) is 5.01. The predicted octanol–water partition coefficient (Wildman–Crippen LogP) is 2.10. The second-order valence-corrected chi connectivity index (χ2v) is 5.01. The molecule has 5 heteroatoms. The molecule has 0 bridgehead atoms. The highest BCUT2D eigenvalue weighted by atomic mass is 16.4. The van der Waals surface area contributed by atoms with E-state index >= 15 is 0 Å². The molecule has 0 aliphatic heterocycles. The van der Waals surface area contributed by atoms with E-state index in [1.165, 1.54) is 12.3 Å². The summed E-state index contributed by atoms with van der Waals surface area (Å²) in [4.78, 5) is 26.4. The summed E-state index contributed by atoms with van der Waals surface area (Å²) in [6.07, 6.45) is 7.31. The van der Waals surface area contributed by atoms with E-state index in [2.05, 4.69) is 17.2 Å². The monoisotopic (exact) mass is 274 g/mol. The molecule has 0 aromatic carbocycles. The van der Waals surface area contributed by atoms with E-state index in [1.807, 2.05) is 0 Å². The average molecular weight is 274 g/mol. The van der Waals surface area contributed by atoms with Crippen molar-refractivity contribution in [2.24, 2.45) is 5.92 Å². The minimum atomic E-state index is -1.01. The highest BCUT2D eigenvalue weighted by Gasteiger charge is 2.37. The molecule has 20 heavy (non-hydrogen) atoms. The number of hydrogen-bond acceptors (Lipinski definition) is 3. The number of amides is 1. The van der Waals surface area contributed by atoms with Crippen molar-refractivity contribution < 1.29 is 14.7 Å². The molecule has 2 rings (SSSR count). The first kappa shape index (κ1) is 14.2. The first-order valence-corrected chi connectivity index (χ1v) is 6.78. The summed E-state index contributed by atoms with van der Waals surface area (Å²) in [5.74, 6) is -0.563. The van der Waals surface area contributed by atoms with E-state index < -0.39 is 5.97 Å². The lowest BCUT2D eigenvalue weighted by Gasteiger charge is -2.04. The summed E-state index contributed by atoms with van der Waals surface area (Å²) in [5, 5.41) is 11.5. The number of aliphatic carboxylic acids is 1. The highest BCUT2D eigenvalue weighted by Crippen LogP contribution is 2.34. The maximum absolute atomic E-state index is 11.9. The Morgan fingerprint density at radius 1 is 1.50 bits per heavy atom. The van der Waals surface area contributed by atoms with Crippen molar-refractivity contribution in [2.75, 3.05) is 0 Å². The Balaban J connectivity index is 1.90. The van der Waals surface area contributed by atoms with Crippen LogP contribution in [0.5, 0.6) is 0 Å². The molecule has 5 nitrogen and oxygen atoms in total. The summed E-state index contributed by atoms with van der Waals surface area (Å²) in [7, 11) is 0. The molecular formula is C15H18N2O3. The number of nitrogens with one attached hydrogen (secondary N) is 1. The van der Waals surface area contributed by atoms with Crippen LogP contribution < -0.4 is 5.32 Å². The van der Waals surface area contributed by atoms with Crippen molar-refractivity contribution >= 4 is 18.0 Å². The van der Waals surface area contributed by atoms with Gasteiger partial charge >= 0.3 is 5.97 Å². The zero-order valence-corrected chi connectivity index (χ0v) is 11.4. The fourth-order valence-electron chi connectivity index (χ4n) is 2.16. The van der Waals surface area contributed by atoms with Crippen LogP contribution in [0.4, 0.5) is 0 Å². The lowest BCUT2D eigenvalue weighted by molar-refractivity contribution is -0.131. The Bertz CT molecular complexity index is 522. The number of carboxylic acid groups (broad SMARTS) is 1. The highest BCUT2D eigenvalue weighted by molar-refractivity contribution is 5.93. The smallest absolute Gasteiger partial charge is 0.328 e. The van der Waals surface area contributed by atoms with Gasteiger partial charge in [-0.05, 0) is 36.5 Å². The van der Waals surface area contributed by atoms with Gasteiger partial charge in [0.25, 0.3) is 5.91 Å². The van der Waals surface area contributed by atoms with Gasteiger partial charge in [-0.1, -0.05) is 19.4 Å². The molecule has 0 saturated heterocycles. The number of carboxylic acids is 1. The Morgan fingerprint density at radius 2 is 2.30 bits per heavy atom. The normalized spacial score (nSPS) is 20.9. The molecule has 1 fully saturated rings. The number of hydrogen-bond donors (Lipinski definition) is 2. The Labute approximate surface area is 117 Å². The van der Waals surface area contributed by atoms with Gasteiger partial charge in [0, 0.05) is 18.3 Å². The van der Waals surface area contributed by atoms with Crippen LogP contribution in [-0.2, 0) is 4.79 Å². The summed E-state index contributed by atoms with van der Waals surface area (Å²) >= 11 is 0. The lowest BCUT2D eigenvalue weighted by Crippen LogP contribution is -2.27. The lowest BCUT2D eigenvalue weighted by atomic mass is 10.2. The van der Waals surface area contributed by atoms with E-state index in [0.717, 1.165) is 25.3 Å². The molecule has 0 radical (unpaired) electrons. The van der Waals surface area contributed by atoms with Crippen LogP contribution in [0.25, 0.3) is 6.08 Å². The number of carbonyl (C=O) groups is 2. The summed E-state index contributed by atoms with van der Waals surface area (Å²) in [6.45, 7) is 2.14. The van der Waals surface area contributed by atoms with Gasteiger partial charge in [0.05, 0.1) is 0 Å². The van der Waals surface area contributed by atoms with Crippen LogP contribution in [0.2, 0.25) is 0 Å². The first-order chi connectivity index (χ1) is 9.60. The molecule has 2 atom stereocenters. The van der Waals surface area contributed by atoms with Crippen molar-refractivity contribution in [2.45, 2.75) is 32.2 Å². The van der Waals surface area contributed by atoms with E-state index in [-0.39, 0.29) is 11.9 Å². The van der Waals surface area contributed by atoms with Gasteiger partial charge in [-0.2, -0.15) is 0 Å². The Hall–Kier alpha value is -2.17. The van der Waals surface area contributed by atoms with Crippen molar-refractivity contribution in [3.8, 4) is 0 Å². The fraction of sp³-hybridized carbons (Fsp3) is 0.400. The third kappa shape index (κ3) is 3.91. The molecule has 2 N–H and O–H groups in total. The molecule has 1 aliphatic rings. The molecular weight excluding hydrogens is 256 g/mol. The van der Waals surface area contributed by atoms with Crippen LogP contribution in [0.3, 0.4) is 0 Å². The standard InChI is InChI=1S/C15H18N2O3/c1-2-3-11-8-13(11)17-15(20)12-6-4-10(9-16-12)5-7-14(18)19/h4-7,9,11,13H,2-3,8H2,1H3,(H,17,20)(H,18,19)/b7-5+. The number of rotatable bonds is 6.